The Labute approximate surface area is 118 Å². The molecular formula is C15H31N3O. The molecule has 1 N–H and O–H groups in total. The van der Waals surface area contributed by atoms with Crippen molar-refractivity contribution in [3.8, 4) is 0 Å². The van der Waals surface area contributed by atoms with E-state index in [9.17, 15) is 4.79 Å². The molecule has 1 saturated heterocycles. The van der Waals surface area contributed by atoms with Crippen molar-refractivity contribution in [1.29, 1.82) is 0 Å². The number of hydrogen-bond acceptors (Lipinski definition) is 3. The highest BCUT2D eigenvalue weighted by atomic mass is 16.2. The van der Waals surface area contributed by atoms with Crippen LogP contribution in [0.2, 0.25) is 0 Å². The zero-order valence-electron chi connectivity index (χ0n) is 13.2. The number of unbranched alkanes of at least 4 members (excludes halogenated alkanes) is 1. The molecule has 1 amide bonds. The highest BCUT2D eigenvalue weighted by molar-refractivity contribution is 5.81. The largest absolute Gasteiger partial charge is 0.354 e. The lowest BCUT2D eigenvalue weighted by Gasteiger charge is -2.32. The number of amides is 1. The lowest BCUT2D eigenvalue weighted by molar-refractivity contribution is -0.129. The van der Waals surface area contributed by atoms with Gasteiger partial charge in [0.2, 0.25) is 5.91 Å². The second-order valence-corrected chi connectivity index (χ2v) is 6.39. The number of carbonyl (C=O) groups is 1. The molecular weight excluding hydrogens is 238 g/mol. The van der Waals surface area contributed by atoms with Crippen molar-refractivity contribution < 1.29 is 4.79 Å². The van der Waals surface area contributed by atoms with Gasteiger partial charge in [0, 0.05) is 44.7 Å². The summed E-state index contributed by atoms with van der Waals surface area (Å²) in [5.74, 6) is 0.204. The van der Waals surface area contributed by atoms with E-state index in [0.29, 0.717) is 0 Å². The fourth-order valence-corrected chi connectivity index (χ4v) is 2.37. The minimum absolute atomic E-state index is 0.204. The van der Waals surface area contributed by atoms with Crippen LogP contribution in [0, 0.1) is 5.41 Å². The number of nitrogens with one attached hydrogen (secondary N) is 1. The second-order valence-electron chi connectivity index (χ2n) is 6.39. The summed E-state index contributed by atoms with van der Waals surface area (Å²) >= 11 is 0. The van der Waals surface area contributed by atoms with E-state index in [1.165, 1.54) is 0 Å². The average Bonchev–Trinajstić information content (AvgIpc) is 2.38. The fraction of sp³-hybridized carbons (Fsp3) is 0.933. The maximum atomic E-state index is 12.1. The van der Waals surface area contributed by atoms with E-state index in [2.05, 4.69) is 29.1 Å². The van der Waals surface area contributed by atoms with Crippen molar-refractivity contribution in [2.75, 3.05) is 46.3 Å². The standard InChI is InChI=1S/C15H31N3O/c1-5-6-7-15(2,3)14(19)16-8-9-18-12-10-17(4)11-13-18/h5-13H2,1-4H3,(H,16,19). The Balaban J connectivity index is 2.19. The van der Waals surface area contributed by atoms with Gasteiger partial charge in [0.1, 0.15) is 0 Å². The maximum absolute atomic E-state index is 12.1. The van der Waals surface area contributed by atoms with E-state index in [1.54, 1.807) is 0 Å². The zero-order valence-corrected chi connectivity index (χ0v) is 13.2. The van der Waals surface area contributed by atoms with Gasteiger partial charge in [-0.25, -0.2) is 0 Å². The number of hydrogen-bond donors (Lipinski definition) is 1. The van der Waals surface area contributed by atoms with E-state index in [0.717, 1.165) is 58.5 Å². The molecule has 1 heterocycles. The summed E-state index contributed by atoms with van der Waals surface area (Å²) in [5, 5.41) is 3.10. The van der Waals surface area contributed by atoms with E-state index in [-0.39, 0.29) is 11.3 Å². The molecule has 0 atom stereocenters. The van der Waals surface area contributed by atoms with Gasteiger partial charge in [-0.2, -0.15) is 0 Å². The molecule has 19 heavy (non-hydrogen) atoms. The molecule has 0 aromatic heterocycles. The Bertz CT molecular complexity index is 271. The van der Waals surface area contributed by atoms with Crippen LogP contribution in [0.3, 0.4) is 0 Å². The third-order valence-electron chi connectivity index (χ3n) is 4.08. The number of piperazine rings is 1. The molecule has 4 nitrogen and oxygen atoms in total. The summed E-state index contributed by atoms with van der Waals surface area (Å²) in [6, 6.07) is 0. The molecule has 0 aromatic rings. The Morgan fingerprint density at radius 2 is 1.84 bits per heavy atom. The van der Waals surface area contributed by atoms with Gasteiger partial charge in [0.25, 0.3) is 0 Å². The van der Waals surface area contributed by atoms with Crippen molar-refractivity contribution in [2.24, 2.45) is 5.41 Å². The second kappa shape index (κ2) is 7.85. The number of carbonyl (C=O) groups excluding carboxylic acids is 1. The molecule has 0 aromatic carbocycles. The normalized spacial score (nSPS) is 18.5. The van der Waals surface area contributed by atoms with Crippen molar-refractivity contribution >= 4 is 5.91 Å². The summed E-state index contributed by atoms with van der Waals surface area (Å²) < 4.78 is 0. The minimum Gasteiger partial charge on any atom is -0.354 e. The highest BCUT2D eigenvalue weighted by Gasteiger charge is 2.26. The molecule has 0 aliphatic carbocycles. The first-order valence-corrected chi connectivity index (χ1v) is 7.65. The van der Waals surface area contributed by atoms with E-state index in [1.807, 2.05) is 13.8 Å². The van der Waals surface area contributed by atoms with Crippen LogP contribution < -0.4 is 5.32 Å². The van der Waals surface area contributed by atoms with E-state index in [4.69, 9.17) is 0 Å². The molecule has 1 aliphatic rings. The molecule has 0 saturated carbocycles. The van der Waals surface area contributed by atoms with E-state index < -0.39 is 0 Å². The topological polar surface area (TPSA) is 35.6 Å². The van der Waals surface area contributed by atoms with Gasteiger partial charge in [0.05, 0.1) is 0 Å². The Hall–Kier alpha value is -0.610. The average molecular weight is 269 g/mol. The van der Waals surface area contributed by atoms with Crippen molar-refractivity contribution in [2.45, 2.75) is 40.0 Å². The zero-order chi connectivity index (χ0) is 14.3. The Morgan fingerprint density at radius 1 is 1.21 bits per heavy atom. The predicted molar refractivity (Wildman–Crippen MR) is 80.3 cm³/mol. The predicted octanol–water partition coefficient (Wildman–Crippen LogP) is 1.57. The van der Waals surface area contributed by atoms with Crippen LogP contribution in [0.5, 0.6) is 0 Å². The summed E-state index contributed by atoms with van der Waals surface area (Å²) in [6.45, 7) is 12.5. The summed E-state index contributed by atoms with van der Waals surface area (Å²) in [4.78, 5) is 16.9. The molecule has 0 radical (unpaired) electrons. The first-order chi connectivity index (χ1) is 8.95. The molecule has 1 aliphatic heterocycles. The molecule has 0 unspecified atom stereocenters. The highest BCUT2D eigenvalue weighted by Crippen LogP contribution is 2.23. The van der Waals surface area contributed by atoms with Crippen LogP contribution in [-0.2, 0) is 4.79 Å². The smallest absolute Gasteiger partial charge is 0.225 e. The number of rotatable bonds is 7. The van der Waals surface area contributed by atoms with Crippen LogP contribution in [0.25, 0.3) is 0 Å². The summed E-state index contributed by atoms with van der Waals surface area (Å²) in [5.41, 5.74) is -0.224. The maximum Gasteiger partial charge on any atom is 0.225 e. The van der Waals surface area contributed by atoms with Gasteiger partial charge < -0.3 is 10.2 Å². The first kappa shape index (κ1) is 16.4. The Kier molecular flexibility index (Phi) is 6.80. The van der Waals surface area contributed by atoms with Crippen LogP contribution >= 0.6 is 0 Å². The van der Waals surface area contributed by atoms with Gasteiger partial charge in [0.15, 0.2) is 0 Å². The van der Waals surface area contributed by atoms with Crippen LogP contribution in [0.15, 0.2) is 0 Å². The quantitative estimate of drug-likeness (QED) is 0.762. The van der Waals surface area contributed by atoms with Crippen molar-refractivity contribution in [1.82, 2.24) is 15.1 Å². The minimum atomic E-state index is -0.224. The van der Waals surface area contributed by atoms with Gasteiger partial charge in [-0.05, 0) is 13.5 Å². The number of likely N-dealkylation sites (N-methyl/N-ethyl adjacent to an activating group) is 1. The van der Waals surface area contributed by atoms with Gasteiger partial charge in [-0.1, -0.05) is 33.6 Å². The molecule has 0 spiro atoms. The first-order valence-electron chi connectivity index (χ1n) is 7.65. The Morgan fingerprint density at radius 3 is 2.42 bits per heavy atom. The van der Waals surface area contributed by atoms with Crippen LogP contribution in [0.4, 0.5) is 0 Å². The fourth-order valence-electron chi connectivity index (χ4n) is 2.37. The van der Waals surface area contributed by atoms with Gasteiger partial charge in [-0.15, -0.1) is 0 Å². The third kappa shape index (κ3) is 5.91. The molecule has 1 fully saturated rings. The molecule has 112 valence electrons. The van der Waals surface area contributed by atoms with Crippen molar-refractivity contribution in [3.05, 3.63) is 0 Å². The SMILES string of the molecule is CCCCC(C)(C)C(=O)NCCN1CCN(C)CC1. The lowest BCUT2D eigenvalue weighted by atomic mass is 9.86. The van der Waals surface area contributed by atoms with Crippen molar-refractivity contribution in [3.63, 3.8) is 0 Å². The lowest BCUT2D eigenvalue weighted by Crippen LogP contribution is -2.48. The van der Waals surface area contributed by atoms with Gasteiger partial charge >= 0.3 is 0 Å². The van der Waals surface area contributed by atoms with Crippen LogP contribution in [0.1, 0.15) is 40.0 Å². The van der Waals surface area contributed by atoms with Gasteiger partial charge in [-0.3, -0.25) is 9.69 Å². The summed E-state index contributed by atoms with van der Waals surface area (Å²) in [6.07, 6.45) is 3.25. The third-order valence-corrected chi connectivity index (χ3v) is 4.08. The molecule has 1 rings (SSSR count). The summed E-state index contributed by atoms with van der Waals surface area (Å²) in [7, 11) is 2.16. The monoisotopic (exact) mass is 269 g/mol. The number of nitrogens with zero attached hydrogens (tertiary/aromatic N) is 2. The molecule has 4 heteroatoms. The molecule has 0 bridgehead atoms. The van der Waals surface area contributed by atoms with Crippen LogP contribution in [-0.4, -0.2) is 62.0 Å². The van der Waals surface area contributed by atoms with E-state index >= 15 is 0 Å².